The number of aromatic hydroxyl groups is 1. The second-order valence-corrected chi connectivity index (χ2v) is 4.71. The van der Waals surface area contributed by atoms with Crippen molar-refractivity contribution in [3.8, 4) is 11.8 Å². The van der Waals surface area contributed by atoms with Gasteiger partial charge in [-0.15, -0.1) is 0 Å². The molecule has 94 valence electrons. The van der Waals surface area contributed by atoms with Crippen LogP contribution in [-0.4, -0.2) is 16.7 Å². The van der Waals surface area contributed by atoms with Crippen molar-refractivity contribution in [3.63, 3.8) is 0 Å². The molecule has 0 aromatic heterocycles. The maximum atomic E-state index is 12.0. The minimum absolute atomic E-state index is 0.0684. The zero-order chi connectivity index (χ0) is 13.8. The number of benzene rings is 1. The molecule has 0 saturated heterocycles. The molecule has 0 saturated carbocycles. The standard InChI is InChI=1S/C14H15NO3/c1-14(2,3)18-13(17)12-10(7-5-9-15)6-4-8-11(12)16/h4-8,16H,1-3H3/b7-5+. The van der Waals surface area contributed by atoms with Gasteiger partial charge in [-0.3, -0.25) is 0 Å². The first-order valence-electron chi connectivity index (χ1n) is 5.46. The lowest BCUT2D eigenvalue weighted by Gasteiger charge is -2.20. The number of esters is 1. The molecule has 0 unspecified atom stereocenters. The summed E-state index contributed by atoms with van der Waals surface area (Å²) in [4.78, 5) is 12.0. The molecule has 0 heterocycles. The molecule has 0 bridgehead atoms. The van der Waals surface area contributed by atoms with Crippen LogP contribution in [0.25, 0.3) is 6.08 Å². The van der Waals surface area contributed by atoms with Crippen molar-refractivity contribution >= 4 is 12.0 Å². The Morgan fingerprint density at radius 2 is 2.11 bits per heavy atom. The molecule has 0 fully saturated rings. The fraction of sp³-hybridized carbons (Fsp3) is 0.286. The highest BCUT2D eigenvalue weighted by Gasteiger charge is 2.22. The van der Waals surface area contributed by atoms with Gasteiger partial charge in [-0.25, -0.2) is 4.79 Å². The quantitative estimate of drug-likeness (QED) is 0.642. The van der Waals surface area contributed by atoms with Gasteiger partial charge in [0, 0.05) is 6.08 Å². The Morgan fingerprint density at radius 3 is 2.67 bits per heavy atom. The number of phenolic OH excluding ortho intramolecular Hbond substituents is 1. The number of carbonyl (C=O) groups is 1. The summed E-state index contributed by atoms with van der Waals surface area (Å²) in [6.45, 7) is 5.24. The topological polar surface area (TPSA) is 70.3 Å². The van der Waals surface area contributed by atoms with Crippen molar-refractivity contribution in [3.05, 3.63) is 35.4 Å². The number of rotatable bonds is 2. The third kappa shape index (κ3) is 3.63. The van der Waals surface area contributed by atoms with E-state index in [0.29, 0.717) is 5.56 Å². The fourth-order valence-corrected chi connectivity index (χ4v) is 1.37. The van der Waals surface area contributed by atoms with Crippen LogP contribution in [0.2, 0.25) is 0 Å². The molecular weight excluding hydrogens is 230 g/mol. The molecule has 18 heavy (non-hydrogen) atoms. The number of hydrogen-bond acceptors (Lipinski definition) is 4. The minimum Gasteiger partial charge on any atom is -0.507 e. The van der Waals surface area contributed by atoms with Crippen LogP contribution in [0.5, 0.6) is 5.75 Å². The van der Waals surface area contributed by atoms with Crippen LogP contribution in [0.3, 0.4) is 0 Å². The molecule has 1 rings (SSSR count). The molecule has 4 heteroatoms. The Morgan fingerprint density at radius 1 is 1.44 bits per heavy atom. The Labute approximate surface area is 106 Å². The zero-order valence-corrected chi connectivity index (χ0v) is 10.6. The van der Waals surface area contributed by atoms with E-state index in [-0.39, 0.29) is 11.3 Å². The van der Waals surface area contributed by atoms with Crippen LogP contribution >= 0.6 is 0 Å². The predicted molar refractivity (Wildman–Crippen MR) is 67.9 cm³/mol. The number of carbonyl (C=O) groups excluding carboxylic acids is 1. The van der Waals surface area contributed by atoms with Crippen molar-refractivity contribution in [2.24, 2.45) is 0 Å². The second-order valence-electron chi connectivity index (χ2n) is 4.71. The molecule has 4 nitrogen and oxygen atoms in total. The molecule has 0 aliphatic heterocycles. The van der Waals surface area contributed by atoms with Crippen molar-refractivity contribution in [2.75, 3.05) is 0 Å². The number of allylic oxidation sites excluding steroid dienone is 1. The summed E-state index contributed by atoms with van der Waals surface area (Å²) in [7, 11) is 0. The van der Waals surface area contributed by atoms with Crippen LogP contribution in [0.1, 0.15) is 36.7 Å². The highest BCUT2D eigenvalue weighted by atomic mass is 16.6. The van der Waals surface area contributed by atoms with Gasteiger partial charge in [-0.2, -0.15) is 5.26 Å². The lowest BCUT2D eigenvalue weighted by molar-refractivity contribution is 0.00666. The predicted octanol–water partition coefficient (Wildman–Crippen LogP) is 2.88. The number of phenols is 1. The van der Waals surface area contributed by atoms with E-state index < -0.39 is 11.6 Å². The molecular formula is C14H15NO3. The van der Waals surface area contributed by atoms with E-state index in [4.69, 9.17) is 10.00 Å². The number of hydrogen-bond donors (Lipinski definition) is 1. The lowest BCUT2D eigenvalue weighted by Crippen LogP contribution is -2.24. The van der Waals surface area contributed by atoms with Gasteiger partial charge in [0.15, 0.2) is 0 Å². The van der Waals surface area contributed by atoms with Gasteiger partial charge in [0.1, 0.15) is 16.9 Å². The Balaban J connectivity index is 3.18. The zero-order valence-electron chi connectivity index (χ0n) is 10.6. The van der Waals surface area contributed by atoms with E-state index in [9.17, 15) is 9.90 Å². The van der Waals surface area contributed by atoms with E-state index in [1.165, 1.54) is 18.2 Å². The molecule has 0 amide bonds. The SMILES string of the molecule is CC(C)(C)OC(=O)c1c(O)cccc1/C=C/C#N. The average molecular weight is 245 g/mol. The van der Waals surface area contributed by atoms with Crippen molar-refractivity contribution < 1.29 is 14.6 Å². The number of nitriles is 1. The first-order chi connectivity index (χ1) is 8.35. The van der Waals surface area contributed by atoms with Crippen molar-refractivity contribution in [1.29, 1.82) is 5.26 Å². The first-order valence-corrected chi connectivity index (χ1v) is 5.46. The minimum atomic E-state index is -0.643. The van der Waals surface area contributed by atoms with E-state index in [1.54, 1.807) is 32.9 Å². The van der Waals surface area contributed by atoms with Crippen LogP contribution in [0, 0.1) is 11.3 Å². The van der Waals surface area contributed by atoms with E-state index in [0.717, 1.165) is 0 Å². The Bertz CT molecular complexity index is 519. The van der Waals surface area contributed by atoms with Gasteiger partial charge in [-0.05, 0) is 38.5 Å². The van der Waals surface area contributed by atoms with Crippen molar-refractivity contribution in [2.45, 2.75) is 26.4 Å². The van der Waals surface area contributed by atoms with Crippen LogP contribution < -0.4 is 0 Å². The highest BCUT2D eigenvalue weighted by molar-refractivity contribution is 5.96. The molecule has 1 aromatic rings. The smallest absolute Gasteiger partial charge is 0.343 e. The monoisotopic (exact) mass is 245 g/mol. The molecule has 0 spiro atoms. The second kappa shape index (κ2) is 5.37. The summed E-state index contributed by atoms with van der Waals surface area (Å²) in [5.74, 6) is -0.775. The summed E-state index contributed by atoms with van der Waals surface area (Å²) < 4.78 is 5.21. The van der Waals surface area contributed by atoms with Crippen molar-refractivity contribution in [1.82, 2.24) is 0 Å². The fourth-order valence-electron chi connectivity index (χ4n) is 1.37. The van der Waals surface area contributed by atoms with Gasteiger partial charge in [0.25, 0.3) is 0 Å². The van der Waals surface area contributed by atoms with E-state index in [2.05, 4.69) is 0 Å². The molecule has 1 aromatic carbocycles. The first kappa shape index (κ1) is 13.8. The Kier molecular flexibility index (Phi) is 4.11. The third-order valence-electron chi connectivity index (χ3n) is 2.02. The highest BCUT2D eigenvalue weighted by Crippen LogP contribution is 2.25. The average Bonchev–Trinajstić information content (AvgIpc) is 2.23. The maximum absolute atomic E-state index is 12.0. The lowest BCUT2D eigenvalue weighted by atomic mass is 10.1. The summed E-state index contributed by atoms with van der Waals surface area (Å²) in [6, 6.07) is 6.47. The Hall–Kier alpha value is -2.28. The van der Waals surface area contributed by atoms with Gasteiger partial charge in [-0.1, -0.05) is 12.1 Å². The van der Waals surface area contributed by atoms with Gasteiger partial charge in [0.05, 0.1) is 6.07 Å². The van der Waals surface area contributed by atoms with Gasteiger partial charge < -0.3 is 9.84 Å². The largest absolute Gasteiger partial charge is 0.507 e. The van der Waals surface area contributed by atoms with Crippen LogP contribution in [-0.2, 0) is 4.74 Å². The van der Waals surface area contributed by atoms with E-state index in [1.807, 2.05) is 6.07 Å². The molecule has 0 radical (unpaired) electrons. The molecule has 0 aliphatic carbocycles. The molecule has 1 N–H and O–H groups in total. The summed E-state index contributed by atoms with van der Waals surface area (Å²) in [6.07, 6.45) is 2.70. The third-order valence-corrected chi connectivity index (χ3v) is 2.02. The molecule has 0 atom stereocenters. The maximum Gasteiger partial charge on any atom is 0.343 e. The van der Waals surface area contributed by atoms with E-state index >= 15 is 0 Å². The van der Waals surface area contributed by atoms with Gasteiger partial charge in [0.2, 0.25) is 0 Å². The number of nitrogens with zero attached hydrogens (tertiary/aromatic N) is 1. The summed E-state index contributed by atoms with van der Waals surface area (Å²) >= 11 is 0. The van der Waals surface area contributed by atoms with Crippen LogP contribution in [0.4, 0.5) is 0 Å². The van der Waals surface area contributed by atoms with Gasteiger partial charge >= 0.3 is 5.97 Å². The summed E-state index contributed by atoms with van der Waals surface area (Å²) in [5, 5.41) is 18.2. The summed E-state index contributed by atoms with van der Waals surface area (Å²) in [5.41, 5.74) is -0.125. The molecule has 0 aliphatic rings. The number of ether oxygens (including phenoxy) is 1. The van der Waals surface area contributed by atoms with Crippen LogP contribution in [0.15, 0.2) is 24.3 Å². The normalized spacial score (nSPS) is 11.2.